The summed E-state index contributed by atoms with van der Waals surface area (Å²) in [7, 11) is 3.10. The number of rotatable bonds is 6. The van der Waals surface area contributed by atoms with Crippen LogP contribution in [0, 0.1) is 0 Å². The molecule has 0 unspecified atom stereocenters. The topological polar surface area (TPSA) is 74.5 Å². The Labute approximate surface area is 161 Å². The second-order valence-corrected chi connectivity index (χ2v) is 6.19. The zero-order valence-corrected chi connectivity index (χ0v) is 15.5. The van der Waals surface area contributed by atoms with E-state index in [0.29, 0.717) is 28.6 Å². The van der Waals surface area contributed by atoms with Crippen LogP contribution in [0.15, 0.2) is 65.2 Å². The third-order valence-corrected chi connectivity index (χ3v) is 4.40. The average molecular weight is 374 g/mol. The number of aromatic nitrogens is 2. The molecule has 0 bridgehead atoms. The van der Waals surface area contributed by atoms with E-state index in [0.717, 1.165) is 16.7 Å². The van der Waals surface area contributed by atoms with Gasteiger partial charge in [0.1, 0.15) is 5.52 Å². The summed E-state index contributed by atoms with van der Waals surface area (Å²) in [5.74, 6) is 1.53. The van der Waals surface area contributed by atoms with Gasteiger partial charge in [-0.2, -0.15) is 0 Å². The number of para-hydroxylation sites is 2. The van der Waals surface area contributed by atoms with Crippen LogP contribution < -0.4 is 9.47 Å². The molecule has 2 aromatic carbocycles. The molecule has 0 saturated carbocycles. The van der Waals surface area contributed by atoms with Crippen molar-refractivity contribution >= 4 is 16.9 Å². The summed E-state index contributed by atoms with van der Waals surface area (Å²) < 4.78 is 16.3. The van der Waals surface area contributed by atoms with Crippen molar-refractivity contribution in [2.24, 2.45) is 0 Å². The number of pyridine rings is 1. The molecule has 0 amide bonds. The second-order valence-electron chi connectivity index (χ2n) is 6.19. The van der Waals surface area contributed by atoms with Gasteiger partial charge >= 0.3 is 0 Å². The Bertz CT molecular complexity index is 1120. The van der Waals surface area contributed by atoms with Gasteiger partial charge in [-0.3, -0.25) is 9.78 Å². The third kappa shape index (κ3) is 3.44. The van der Waals surface area contributed by atoms with Gasteiger partial charge < -0.3 is 13.9 Å². The summed E-state index contributed by atoms with van der Waals surface area (Å²) in [4.78, 5) is 21.5. The van der Waals surface area contributed by atoms with Gasteiger partial charge in [0, 0.05) is 23.0 Å². The summed E-state index contributed by atoms with van der Waals surface area (Å²) in [6, 6.07) is 16.3. The molecule has 6 heteroatoms. The number of benzene rings is 2. The molecule has 0 radical (unpaired) electrons. The van der Waals surface area contributed by atoms with Gasteiger partial charge in [-0.25, -0.2) is 4.98 Å². The smallest absolute Gasteiger partial charge is 0.227 e. The Morgan fingerprint density at radius 3 is 2.61 bits per heavy atom. The van der Waals surface area contributed by atoms with Gasteiger partial charge in [0.25, 0.3) is 0 Å². The molecule has 0 saturated heterocycles. The number of carbonyl (C=O) groups is 1. The number of hydrogen-bond acceptors (Lipinski definition) is 6. The highest BCUT2D eigenvalue weighted by Crippen LogP contribution is 2.28. The van der Waals surface area contributed by atoms with Crippen LogP contribution in [0.3, 0.4) is 0 Å². The molecule has 0 fully saturated rings. The van der Waals surface area contributed by atoms with Gasteiger partial charge in [0.05, 0.1) is 20.6 Å². The molecule has 0 atom stereocenters. The van der Waals surface area contributed by atoms with E-state index in [1.807, 2.05) is 36.4 Å². The third-order valence-electron chi connectivity index (χ3n) is 4.40. The van der Waals surface area contributed by atoms with Crippen molar-refractivity contribution in [3.05, 3.63) is 72.1 Å². The maximum atomic E-state index is 12.7. The van der Waals surface area contributed by atoms with E-state index in [1.165, 1.54) is 7.11 Å². The van der Waals surface area contributed by atoms with Crippen molar-refractivity contribution in [2.45, 2.75) is 6.42 Å². The molecule has 6 nitrogen and oxygen atoms in total. The zero-order valence-electron chi connectivity index (χ0n) is 15.5. The first-order chi connectivity index (χ1) is 13.7. The average Bonchev–Trinajstić information content (AvgIpc) is 3.17. The van der Waals surface area contributed by atoms with Gasteiger partial charge in [0.2, 0.25) is 5.89 Å². The molecular formula is C22H18N2O4. The lowest BCUT2D eigenvalue weighted by Crippen LogP contribution is -2.06. The minimum atomic E-state index is -0.0665. The van der Waals surface area contributed by atoms with E-state index in [-0.39, 0.29) is 12.2 Å². The summed E-state index contributed by atoms with van der Waals surface area (Å²) in [6.07, 6.45) is 1.81. The predicted molar refractivity (Wildman–Crippen MR) is 105 cm³/mol. The first kappa shape index (κ1) is 17.7. The number of Topliss-reactive ketones (excluding diaryl/α,β-unsaturated/α-hetero) is 1. The zero-order chi connectivity index (χ0) is 19.5. The molecule has 0 aliphatic heterocycles. The minimum Gasteiger partial charge on any atom is -0.493 e. The quantitative estimate of drug-likeness (QED) is 0.468. The number of oxazole rings is 1. The first-order valence-corrected chi connectivity index (χ1v) is 8.74. The lowest BCUT2D eigenvalue weighted by molar-refractivity contribution is 0.0991. The molecule has 28 heavy (non-hydrogen) atoms. The normalized spacial score (nSPS) is 10.8. The monoisotopic (exact) mass is 374 g/mol. The molecule has 0 aliphatic rings. The highest BCUT2D eigenvalue weighted by Gasteiger charge is 2.14. The molecule has 140 valence electrons. The minimum absolute atomic E-state index is 0.0665. The Morgan fingerprint density at radius 2 is 1.82 bits per heavy atom. The fourth-order valence-corrected chi connectivity index (χ4v) is 2.98. The molecule has 2 aromatic heterocycles. The van der Waals surface area contributed by atoms with Crippen molar-refractivity contribution in [2.75, 3.05) is 14.2 Å². The number of ether oxygens (including phenoxy) is 2. The van der Waals surface area contributed by atoms with Crippen molar-refractivity contribution < 1.29 is 18.7 Å². The standard InChI is InChI=1S/C22H18N2O4/c1-26-20-8-7-14(12-21(20)27-2)18(25)13-16-11-15(9-10-23-16)22-24-17-5-3-4-6-19(17)28-22/h3-12H,13H2,1-2H3. The van der Waals surface area contributed by atoms with Crippen molar-refractivity contribution in [3.63, 3.8) is 0 Å². The van der Waals surface area contributed by atoms with E-state index in [9.17, 15) is 4.79 Å². The van der Waals surface area contributed by atoms with Crippen molar-refractivity contribution in [1.82, 2.24) is 9.97 Å². The van der Waals surface area contributed by atoms with Crippen LogP contribution in [0.25, 0.3) is 22.6 Å². The molecular weight excluding hydrogens is 356 g/mol. The number of fused-ring (bicyclic) bond motifs is 1. The summed E-state index contributed by atoms with van der Waals surface area (Å²) in [6.45, 7) is 0. The van der Waals surface area contributed by atoms with E-state index in [1.54, 1.807) is 31.5 Å². The lowest BCUT2D eigenvalue weighted by atomic mass is 10.0. The molecule has 0 N–H and O–H groups in total. The SMILES string of the molecule is COc1ccc(C(=O)Cc2cc(-c3nc4ccccc4o3)ccn2)cc1OC. The number of nitrogens with zero attached hydrogens (tertiary/aromatic N) is 2. The Balaban J connectivity index is 1.59. The maximum Gasteiger partial charge on any atom is 0.227 e. The van der Waals surface area contributed by atoms with Gasteiger partial charge in [-0.1, -0.05) is 12.1 Å². The van der Waals surface area contributed by atoms with Crippen LogP contribution in [0.4, 0.5) is 0 Å². The molecule has 4 rings (SSSR count). The Kier molecular flexibility index (Phi) is 4.76. The van der Waals surface area contributed by atoms with Gasteiger partial charge in [-0.15, -0.1) is 0 Å². The second kappa shape index (κ2) is 7.52. The number of methoxy groups -OCH3 is 2. The fourth-order valence-electron chi connectivity index (χ4n) is 2.98. The lowest BCUT2D eigenvalue weighted by Gasteiger charge is -2.09. The van der Waals surface area contributed by atoms with Crippen molar-refractivity contribution in [3.8, 4) is 23.0 Å². The maximum absolute atomic E-state index is 12.7. The molecule has 2 heterocycles. The number of carbonyl (C=O) groups excluding carboxylic acids is 1. The van der Waals surface area contributed by atoms with Crippen LogP contribution in [-0.4, -0.2) is 30.0 Å². The van der Waals surface area contributed by atoms with Crippen LogP contribution in [0.1, 0.15) is 16.1 Å². The summed E-state index contributed by atoms with van der Waals surface area (Å²) >= 11 is 0. The van der Waals surface area contributed by atoms with E-state index in [2.05, 4.69) is 9.97 Å². The predicted octanol–water partition coefficient (Wildman–Crippen LogP) is 4.33. The van der Waals surface area contributed by atoms with Crippen LogP contribution in [0.2, 0.25) is 0 Å². The largest absolute Gasteiger partial charge is 0.493 e. The van der Waals surface area contributed by atoms with E-state index in [4.69, 9.17) is 13.9 Å². The summed E-state index contributed by atoms with van der Waals surface area (Å²) in [5, 5.41) is 0. The van der Waals surface area contributed by atoms with Gasteiger partial charge in [-0.05, 0) is 42.5 Å². The fraction of sp³-hybridized carbons (Fsp3) is 0.136. The molecule has 0 spiro atoms. The molecule has 4 aromatic rings. The first-order valence-electron chi connectivity index (χ1n) is 8.74. The van der Waals surface area contributed by atoms with E-state index >= 15 is 0 Å². The van der Waals surface area contributed by atoms with Crippen molar-refractivity contribution in [1.29, 1.82) is 0 Å². The molecule has 0 aliphatic carbocycles. The highest BCUT2D eigenvalue weighted by atomic mass is 16.5. The van der Waals surface area contributed by atoms with Crippen LogP contribution in [-0.2, 0) is 6.42 Å². The summed E-state index contributed by atoms with van der Waals surface area (Å²) in [5.41, 5.74) is 3.46. The number of hydrogen-bond donors (Lipinski definition) is 0. The highest BCUT2D eigenvalue weighted by molar-refractivity contribution is 5.98. The number of ketones is 1. The Morgan fingerprint density at radius 1 is 1.00 bits per heavy atom. The van der Waals surface area contributed by atoms with Gasteiger partial charge in [0.15, 0.2) is 22.9 Å². The van der Waals surface area contributed by atoms with Crippen LogP contribution in [0.5, 0.6) is 11.5 Å². The van der Waals surface area contributed by atoms with Crippen LogP contribution >= 0.6 is 0 Å². The Hall–Kier alpha value is -3.67. The van der Waals surface area contributed by atoms with E-state index < -0.39 is 0 Å².